The van der Waals surface area contributed by atoms with Gasteiger partial charge in [-0.15, -0.1) is 0 Å². The van der Waals surface area contributed by atoms with E-state index >= 15 is 0 Å². The standard InChI is InChI=1S/C11H15N3O/c1-8-4-6-10(7-5-8)14(9(2)12)11(15)13-3/h4-7,12H,1-3H3,(H,13,15). The minimum absolute atomic E-state index is 0.193. The number of amides is 2. The summed E-state index contributed by atoms with van der Waals surface area (Å²) in [5.41, 5.74) is 1.82. The van der Waals surface area contributed by atoms with Crippen molar-refractivity contribution >= 4 is 17.6 Å². The van der Waals surface area contributed by atoms with E-state index in [1.165, 1.54) is 4.90 Å². The second kappa shape index (κ2) is 4.59. The molecular weight excluding hydrogens is 190 g/mol. The summed E-state index contributed by atoms with van der Waals surface area (Å²) in [6, 6.07) is 7.17. The molecule has 0 bridgehead atoms. The van der Waals surface area contributed by atoms with Gasteiger partial charge in [0.1, 0.15) is 5.84 Å². The van der Waals surface area contributed by atoms with Crippen LogP contribution in [0.1, 0.15) is 12.5 Å². The van der Waals surface area contributed by atoms with Crippen molar-refractivity contribution < 1.29 is 4.79 Å². The Morgan fingerprint density at radius 1 is 1.33 bits per heavy atom. The van der Waals surface area contributed by atoms with Crippen LogP contribution in [0.15, 0.2) is 24.3 Å². The van der Waals surface area contributed by atoms with E-state index in [2.05, 4.69) is 5.32 Å². The predicted molar refractivity (Wildman–Crippen MR) is 61.5 cm³/mol. The number of nitrogens with zero attached hydrogens (tertiary/aromatic N) is 1. The molecule has 1 aromatic rings. The Bertz CT molecular complexity index is 370. The Morgan fingerprint density at radius 2 is 1.87 bits per heavy atom. The van der Waals surface area contributed by atoms with Crippen LogP contribution in [0.25, 0.3) is 0 Å². The van der Waals surface area contributed by atoms with Gasteiger partial charge in [0.2, 0.25) is 0 Å². The summed E-state index contributed by atoms with van der Waals surface area (Å²) >= 11 is 0. The highest BCUT2D eigenvalue weighted by atomic mass is 16.2. The van der Waals surface area contributed by atoms with Crippen LogP contribution in [0.4, 0.5) is 10.5 Å². The van der Waals surface area contributed by atoms with Crippen molar-refractivity contribution in [2.75, 3.05) is 11.9 Å². The van der Waals surface area contributed by atoms with Crippen molar-refractivity contribution in [1.29, 1.82) is 5.41 Å². The number of anilines is 1. The van der Waals surface area contributed by atoms with Gasteiger partial charge < -0.3 is 5.32 Å². The zero-order valence-electron chi connectivity index (χ0n) is 9.16. The van der Waals surface area contributed by atoms with Gasteiger partial charge in [0.05, 0.1) is 5.69 Å². The molecule has 0 heterocycles. The summed E-state index contributed by atoms with van der Waals surface area (Å²) in [6.45, 7) is 3.56. The SMILES string of the molecule is CNC(=O)N(C(C)=N)c1ccc(C)cc1. The number of amidine groups is 1. The van der Waals surface area contributed by atoms with Crippen LogP contribution in [-0.4, -0.2) is 18.9 Å². The normalized spacial score (nSPS) is 9.53. The lowest BCUT2D eigenvalue weighted by Crippen LogP contribution is -2.41. The molecule has 0 aliphatic carbocycles. The number of hydrogen-bond acceptors (Lipinski definition) is 2. The average molecular weight is 205 g/mol. The molecule has 2 N–H and O–H groups in total. The minimum Gasteiger partial charge on any atom is -0.340 e. The molecule has 0 aliphatic heterocycles. The number of rotatable bonds is 1. The summed E-state index contributed by atoms with van der Waals surface area (Å²) in [7, 11) is 1.55. The van der Waals surface area contributed by atoms with E-state index in [9.17, 15) is 4.79 Å². The van der Waals surface area contributed by atoms with Crippen molar-refractivity contribution in [1.82, 2.24) is 5.32 Å². The number of carbonyl (C=O) groups is 1. The predicted octanol–water partition coefficient (Wildman–Crippen LogP) is 2.14. The molecule has 15 heavy (non-hydrogen) atoms. The van der Waals surface area contributed by atoms with E-state index in [4.69, 9.17) is 5.41 Å². The summed E-state index contributed by atoms with van der Waals surface area (Å²) in [6.07, 6.45) is 0. The first-order valence-electron chi connectivity index (χ1n) is 4.70. The summed E-state index contributed by atoms with van der Waals surface area (Å²) < 4.78 is 0. The van der Waals surface area contributed by atoms with Crippen molar-refractivity contribution in [2.45, 2.75) is 13.8 Å². The molecule has 0 spiro atoms. The van der Waals surface area contributed by atoms with Crippen molar-refractivity contribution in [3.8, 4) is 0 Å². The first-order valence-corrected chi connectivity index (χ1v) is 4.70. The number of urea groups is 1. The molecule has 80 valence electrons. The maximum Gasteiger partial charge on any atom is 0.327 e. The zero-order valence-corrected chi connectivity index (χ0v) is 9.16. The third kappa shape index (κ3) is 2.56. The third-order valence-electron chi connectivity index (χ3n) is 2.04. The molecule has 0 atom stereocenters. The van der Waals surface area contributed by atoms with Crippen LogP contribution in [0.3, 0.4) is 0 Å². The van der Waals surface area contributed by atoms with Gasteiger partial charge in [0.25, 0.3) is 0 Å². The summed E-state index contributed by atoms with van der Waals surface area (Å²) in [5, 5.41) is 10.0. The summed E-state index contributed by atoms with van der Waals surface area (Å²) in [4.78, 5) is 12.8. The van der Waals surface area contributed by atoms with Crippen molar-refractivity contribution in [3.05, 3.63) is 29.8 Å². The van der Waals surface area contributed by atoms with Crippen molar-refractivity contribution in [2.24, 2.45) is 0 Å². The minimum atomic E-state index is -0.300. The molecule has 0 saturated carbocycles. The highest BCUT2D eigenvalue weighted by Crippen LogP contribution is 2.15. The van der Waals surface area contributed by atoms with Gasteiger partial charge in [-0.25, -0.2) is 4.79 Å². The largest absolute Gasteiger partial charge is 0.340 e. The summed E-state index contributed by atoms with van der Waals surface area (Å²) in [5.74, 6) is 0.193. The van der Waals surface area contributed by atoms with Crippen LogP contribution in [-0.2, 0) is 0 Å². The number of hydrogen-bond donors (Lipinski definition) is 2. The molecule has 0 aromatic heterocycles. The quantitative estimate of drug-likeness (QED) is 0.535. The third-order valence-corrected chi connectivity index (χ3v) is 2.04. The Labute approximate surface area is 89.4 Å². The first-order chi connectivity index (χ1) is 7.06. The van der Waals surface area contributed by atoms with Gasteiger partial charge in [-0.3, -0.25) is 10.3 Å². The van der Waals surface area contributed by atoms with Gasteiger partial charge in [-0.05, 0) is 26.0 Å². The van der Waals surface area contributed by atoms with Crippen LogP contribution in [0.2, 0.25) is 0 Å². The average Bonchev–Trinajstić information content (AvgIpc) is 2.20. The van der Waals surface area contributed by atoms with E-state index in [1.54, 1.807) is 14.0 Å². The number of benzene rings is 1. The van der Waals surface area contributed by atoms with E-state index in [0.29, 0.717) is 5.69 Å². The van der Waals surface area contributed by atoms with Crippen LogP contribution < -0.4 is 10.2 Å². The molecule has 4 nitrogen and oxygen atoms in total. The highest BCUT2D eigenvalue weighted by molar-refractivity contribution is 6.14. The molecule has 2 amide bonds. The molecule has 0 saturated heterocycles. The maximum absolute atomic E-state index is 11.5. The molecule has 0 radical (unpaired) electrons. The topological polar surface area (TPSA) is 56.2 Å². The van der Waals surface area contributed by atoms with Gasteiger partial charge in [0, 0.05) is 7.05 Å². The lowest BCUT2D eigenvalue weighted by atomic mass is 10.2. The molecule has 0 unspecified atom stereocenters. The van der Waals surface area contributed by atoms with E-state index in [-0.39, 0.29) is 11.9 Å². The Kier molecular flexibility index (Phi) is 3.44. The lowest BCUT2D eigenvalue weighted by Gasteiger charge is -2.20. The zero-order chi connectivity index (χ0) is 11.4. The maximum atomic E-state index is 11.5. The van der Waals surface area contributed by atoms with Crippen LogP contribution >= 0.6 is 0 Å². The van der Waals surface area contributed by atoms with Gasteiger partial charge in [0.15, 0.2) is 0 Å². The highest BCUT2D eigenvalue weighted by Gasteiger charge is 2.15. The fourth-order valence-electron chi connectivity index (χ4n) is 1.27. The lowest BCUT2D eigenvalue weighted by molar-refractivity contribution is 0.251. The fourth-order valence-corrected chi connectivity index (χ4v) is 1.27. The Morgan fingerprint density at radius 3 is 2.27 bits per heavy atom. The smallest absolute Gasteiger partial charge is 0.327 e. The van der Waals surface area contributed by atoms with Gasteiger partial charge >= 0.3 is 6.03 Å². The van der Waals surface area contributed by atoms with E-state index < -0.39 is 0 Å². The number of carbonyl (C=O) groups excluding carboxylic acids is 1. The van der Waals surface area contributed by atoms with Crippen molar-refractivity contribution in [3.63, 3.8) is 0 Å². The number of aryl methyl sites for hydroxylation is 1. The second-order valence-corrected chi connectivity index (χ2v) is 3.31. The second-order valence-electron chi connectivity index (χ2n) is 3.31. The Hall–Kier alpha value is -1.84. The molecule has 0 aliphatic rings. The molecule has 1 aromatic carbocycles. The molecule has 1 rings (SSSR count). The number of nitrogens with one attached hydrogen (secondary N) is 2. The van der Waals surface area contributed by atoms with E-state index in [1.807, 2.05) is 31.2 Å². The fraction of sp³-hybridized carbons (Fsp3) is 0.273. The first kappa shape index (κ1) is 11.2. The van der Waals surface area contributed by atoms with Gasteiger partial charge in [-0.1, -0.05) is 17.7 Å². The monoisotopic (exact) mass is 205 g/mol. The molecular formula is C11H15N3O. The van der Waals surface area contributed by atoms with Gasteiger partial charge in [-0.2, -0.15) is 0 Å². The van der Waals surface area contributed by atoms with E-state index in [0.717, 1.165) is 5.56 Å². The van der Waals surface area contributed by atoms with Crippen LogP contribution in [0.5, 0.6) is 0 Å². The molecule has 4 heteroatoms. The van der Waals surface area contributed by atoms with Crippen LogP contribution in [0, 0.1) is 12.3 Å². The molecule has 0 fully saturated rings. The Balaban J connectivity index is 3.04.